The van der Waals surface area contributed by atoms with Crippen molar-refractivity contribution in [3.63, 3.8) is 0 Å². The molecule has 0 saturated heterocycles. The molecule has 0 aromatic rings. The number of likely N-dealkylation sites (N-methyl/N-ethyl adjacent to an activating group) is 1. The van der Waals surface area contributed by atoms with E-state index in [1.165, 1.54) is 116 Å². The summed E-state index contributed by atoms with van der Waals surface area (Å²) in [5, 5.41) is 0. The van der Waals surface area contributed by atoms with Gasteiger partial charge in [-0.3, -0.25) is 14.2 Å². The third kappa shape index (κ3) is 74.4. The summed E-state index contributed by atoms with van der Waals surface area (Å²) in [5.41, 5.74) is 0. The summed E-state index contributed by atoms with van der Waals surface area (Å²) in [5.74, 6) is -0.862. The zero-order chi connectivity index (χ0) is 66.9. The third-order valence-electron chi connectivity index (χ3n) is 15.2. The van der Waals surface area contributed by atoms with Crippen molar-refractivity contribution in [3.8, 4) is 0 Å². The van der Waals surface area contributed by atoms with E-state index in [9.17, 15) is 19.0 Å². The maximum Gasteiger partial charge on any atom is 0.306 e. The Morgan fingerprint density at radius 3 is 0.924 bits per heavy atom. The number of unbranched alkanes of at least 4 members (excludes halogenated alkanes) is 24. The molecule has 2 unspecified atom stereocenters. The van der Waals surface area contributed by atoms with E-state index in [0.717, 1.165) is 135 Å². The van der Waals surface area contributed by atoms with E-state index < -0.39 is 32.5 Å². The van der Waals surface area contributed by atoms with Crippen molar-refractivity contribution in [2.45, 2.75) is 290 Å². The first kappa shape index (κ1) is 87.4. The number of quaternary nitrogens is 1. The first-order valence-electron chi connectivity index (χ1n) is 36.8. The van der Waals surface area contributed by atoms with Gasteiger partial charge in [0.25, 0.3) is 7.82 Å². The Labute approximate surface area is 566 Å². The molecule has 0 radical (unpaired) electrons. The minimum absolute atomic E-state index is 0.0434. The average molecular weight is 1290 g/mol. The van der Waals surface area contributed by atoms with Crippen LogP contribution in [-0.2, 0) is 32.7 Å². The highest BCUT2D eigenvalue weighted by Crippen LogP contribution is 2.38. The van der Waals surface area contributed by atoms with Gasteiger partial charge in [0.1, 0.15) is 19.8 Å². The van der Waals surface area contributed by atoms with Gasteiger partial charge in [0.2, 0.25) is 0 Å². The summed E-state index contributed by atoms with van der Waals surface area (Å²) in [7, 11) is 1.13. The quantitative estimate of drug-likeness (QED) is 0.0195. The second-order valence-corrected chi connectivity index (χ2v) is 26.6. The number of carbonyl (C=O) groups is 2. The predicted octanol–water partition coefficient (Wildman–Crippen LogP) is 23.9. The number of hydrogen-bond donors (Lipinski definition) is 0. The predicted molar refractivity (Wildman–Crippen MR) is 396 cm³/mol. The van der Waals surface area contributed by atoms with Crippen molar-refractivity contribution in [2.24, 2.45) is 0 Å². The number of phosphoric ester groups is 1. The molecule has 0 aliphatic heterocycles. The Morgan fingerprint density at radius 2 is 0.620 bits per heavy atom. The van der Waals surface area contributed by atoms with Gasteiger partial charge in [0.15, 0.2) is 6.10 Å². The molecule has 0 rings (SSSR count). The van der Waals surface area contributed by atoms with Crippen molar-refractivity contribution in [3.05, 3.63) is 170 Å². The van der Waals surface area contributed by atoms with Gasteiger partial charge in [-0.2, -0.15) is 0 Å². The normalized spacial score (nSPS) is 14.1. The van der Waals surface area contributed by atoms with Crippen LogP contribution in [0.2, 0.25) is 0 Å². The van der Waals surface area contributed by atoms with Gasteiger partial charge in [-0.05, 0) is 135 Å². The standard InChI is InChI=1S/C82H136NO8P/c1-6-8-10-12-14-16-18-20-22-24-26-28-30-32-34-36-37-38-39-40-41-42-43-44-45-47-49-51-53-55-57-59-61-63-65-67-69-71-73-75-82(85)91-80(79-90-92(86,87)89-77-76-83(3,4)5)78-88-81(84)74-72-70-68-66-64-62-60-58-56-54-52-50-48-46-35-33-31-29-27-25-23-21-19-17-15-13-11-9-7-2/h8,10,14,16,19-22,25-28,31-34,37-38,40-41,43-44,47,49,53,55,59,61,80H,6-7,9,11-13,15,17-18,23-24,29-30,35-36,39,42,45-46,48,50-52,54,56-58,60,62-79H2,1-5H3/b10-8-,16-14-,21-19-,22-20-,27-25-,28-26-,33-31-,34-32-,38-37-,41-40-,44-43-,49-47-,55-53-,61-59-. The van der Waals surface area contributed by atoms with E-state index in [1.54, 1.807) is 0 Å². The van der Waals surface area contributed by atoms with Crippen LogP contribution in [0.15, 0.2) is 170 Å². The second-order valence-electron chi connectivity index (χ2n) is 25.2. The molecule has 0 heterocycles. The number of esters is 2. The van der Waals surface area contributed by atoms with Gasteiger partial charge in [-0.15, -0.1) is 0 Å². The van der Waals surface area contributed by atoms with E-state index in [4.69, 9.17) is 18.5 Å². The maximum atomic E-state index is 12.9. The summed E-state index contributed by atoms with van der Waals surface area (Å²) < 4.78 is 34.3. The highest BCUT2D eigenvalue weighted by molar-refractivity contribution is 7.45. The van der Waals surface area contributed by atoms with Crippen LogP contribution in [0.1, 0.15) is 284 Å². The molecule has 0 aromatic heterocycles. The van der Waals surface area contributed by atoms with Crippen LogP contribution in [0.4, 0.5) is 0 Å². The fraction of sp³-hybridized carbons (Fsp3) is 0.634. The number of hydrogen-bond acceptors (Lipinski definition) is 8. The van der Waals surface area contributed by atoms with Crippen molar-refractivity contribution >= 4 is 19.8 Å². The minimum Gasteiger partial charge on any atom is -0.756 e. The zero-order valence-corrected chi connectivity index (χ0v) is 60.3. The van der Waals surface area contributed by atoms with E-state index >= 15 is 0 Å². The Hall–Kier alpha value is -4.63. The van der Waals surface area contributed by atoms with Gasteiger partial charge in [0.05, 0.1) is 27.7 Å². The Kier molecular flexibility index (Phi) is 67.1. The fourth-order valence-corrected chi connectivity index (χ4v) is 10.3. The van der Waals surface area contributed by atoms with Gasteiger partial charge >= 0.3 is 11.9 Å². The van der Waals surface area contributed by atoms with E-state index in [1.807, 2.05) is 21.1 Å². The number of carbonyl (C=O) groups excluding carboxylic acids is 2. The zero-order valence-electron chi connectivity index (χ0n) is 59.4. The van der Waals surface area contributed by atoms with E-state index in [-0.39, 0.29) is 26.1 Å². The summed E-state index contributed by atoms with van der Waals surface area (Å²) in [6.45, 7) is 4.09. The second kappa shape index (κ2) is 70.7. The Bertz CT molecular complexity index is 2160. The van der Waals surface area contributed by atoms with Gasteiger partial charge in [-0.1, -0.05) is 306 Å². The number of allylic oxidation sites excluding steroid dienone is 28. The molecule has 92 heavy (non-hydrogen) atoms. The molecule has 0 bridgehead atoms. The Morgan fingerprint density at radius 1 is 0.348 bits per heavy atom. The lowest BCUT2D eigenvalue weighted by molar-refractivity contribution is -0.870. The van der Waals surface area contributed by atoms with Crippen LogP contribution in [-0.4, -0.2) is 70.0 Å². The summed E-state index contributed by atoms with van der Waals surface area (Å²) in [4.78, 5) is 38.1. The molecule has 0 aromatic carbocycles. The van der Waals surface area contributed by atoms with E-state index in [0.29, 0.717) is 17.4 Å². The molecule has 0 fully saturated rings. The fourth-order valence-electron chi connectivity index (χ4n) is 9.61. The van der Waals surface area contributed by atoms with E-state index in [2.05, 4.69) is 184 Å². The molecule has 9 nitrogen and oxygen atoms in total. The highest BCUT2D eigenvalue weighted by Gasteiger charge is 2.22. The van der Waals surface area contributed by atoms with Gasteiger partial charge in [-0.25, -0.2) is 0 Å². The van der Waals surface area contributed by atoms with Gasteiger partial charge in [0, 0.05) is 12.8 Å². The number of phosphoric acid groups is 1. The molecule has 2 atom stereocenters. The van der Waals surface area contributed by atoms with Crippen LogP contribution < -0.4 is 4.89 Å². The number of nitrogens with zero attached hydrogens (tertiary/aromatic N) is 1. The molecule has 0 spiro atoms. The maximum absolute atomic E-state index is 12.9. The lowest BCUT2D eigenvalue weighted by Gasteiger charge is -2.28. The van der Waals surface area contributed by atoms with Crippen LogP contribution in [0, 0.1) is 0 Å². The summed E-state index contributed by atoms with van der Waals surface area (Å²) >= 11 is 0. The SMILES string of the molecule is CC/C=C\C/C=C\C/C=C\C/C=C\C/C=C\C/C=C\C/C=C\C/C=C\C/C=C\C/C=C\C/C=C\CCCCCCCC(=O)OC(COC(=O)CCCCCCCCCCCCCCCC/C=C\C/C=C\C/C=C\CCCCCCC)COP(=O)([O-])OCC[N+](C)(C)C. The van der Waals surface area contributed by atoms with Crippen LogP contribution >= 0.6 is 7.82 Å². The summed E-state index contributed by atoms with van der Waals surface area (Å²) in [6, 6.07) is 0. The first-order chi connectivity index (χ1) is 45.0. The largest absolute Gasteiger partial charge is 0.756 e. The molecular weight excluding hydrogens is 1160 g/mol. The van der Waals surface area contributed by atoms with Crippen LogP contribution in [0.3, 0.4) is 0 Å². The molecule has 0 aliphatic carbocycles. The van der Waals surface area contributed by atoms with Crippen molar-refractivity contribution in [2.75, 3.05) is 47.5 Å². The molecular formula is C82H136NO8P. The molecule has 10 heteroatoms. The topological polar surface area (TPSA) is 111 Å². The molecule has 0 aliphatic rings. The number of ether oxygens (including phenoxy) is 2. The monoisotopic (exact) mass is 1290 g/mol. The number of rotatable bonds is 66. The van der Waals surface area contributed by atoms with Crippen molar-refractivity contribution in [1.82, 2.24) is 0 Å². The van der Waals surface area contributed by atoms with Crippen molar-refractivity contribution in [1.29, 1.82) is 0 Å². The molecule has 522 valence electrons. The van der Waals surface area contributed by atoms with Crippen LogP contribution in [0.25, 0.3) is 0 Å². The average Bonchev–Trinajstić information content (AvgIpc) is 2.14. The first-order valence-corrected chi connectivity index (χ1v) is 38.3. The van der Waals surface area contributed by atoms with Gasteiger partial charge < -0.3 is 27.9 Å². The molecule has 0 N–H and O–H groups in total. The lowest BCUT2D eigenvalue weighted by atomic mass is 10.0. The minimum atomic E-state index is -4.66. The smallest absolute Gasteiger partial charge is 0.306 e. The molecule has 0 amide bonds. The van der Waals surface area contributed by atoms with Crippen molar-refractivity contribution < 1.29 is 42.1 Å². The highest BCUT2D eigenvalue weighted by atomic mass is 31.2. The van der Waals surface area contributed by atoms with Crippen LogP contribution in [0.5, 0.6) is 0 Å². The third-order valence-corrected chi connectivity index (χ3v) is 16.2. The summed E-state index contributed by atoms with van der Waals surface area (Å²) in [6.07, 6.45) is 107. The lowest BCUT2D eigenvalue weighted by Crippen LogP contribution is -2.37. The molecule has 0 saturated carbocycles. The Balaban J connectivity index is 4.15.